The number of Topliss-reactive ketones (excluding diaryl/α,β-unsaturated/α-hetero) is 1. The lowest BCUT2D eigenvalue weighted by atomic mass is 10.2. The van der Waals surface area contributed by atoms with E-state index < -0.39 is 0 Å². The number of aldehydes is 1. The molecule has 0 saturated heterocycles. The highest BCUT2D eigenvalue weighted by molar-refractivity contribution is 6.37. The van der Waals surface area contributed by atoms with Gasteiger partial charge in [-0.2, -0.15) is 0 Å². The van der Waals surface area contributed by atoms with E-state index in [4.69, 9.17) is 19.1 Å². The molecule has 0 aliphatic rings. The molecule has 3 rings (SSSR count). The summed E-state index contributed by atoms with van der Waals surface area (Å²) in [5, 5.41) is 22.3. The number of benzene rings is 2. The van der Waals surface area contributed by atoms with Crippen LogP contribution < -0.4 is 14.2 Å². The number of aromatic nitrogens is 1. The highest BCUT2D eigenvalue weighted by Crippen LogP contribution is 2.22. The number of hydrogen-bond donors (Lipinski definition) is 1. The van der Waals surface area contributed by atoms with Crippen molar-refractivity contribution in [2.75, 3.05) is 14.2 Å². The van der Waals surface area contributed by atoms with Crippen LogP contribution in [0.3, 0.4) is 0 Å². The van der Waals surface area contributed by atoms with E-state index in [9.17, 15) is 14.8 Å². The van der Waals surface area contributed by atoms with Crippen molar-refractivity contribution in [2.45, 2.75) is 27.7 Å². The van der Waals surface area contributed by atoms with Crippen LogP contribution in [-0.4, -0.2) is 37.2 Å². The number of methoxy groups -OCH3 is 2. The summed E-state index contributed by atoms with van der Waals surface area (Å²) in [6.45, 7) is 6.30. The van der Waals surface area contributed by atoms with Crippen molar-refractivity contribution < 1.29 is 33.4 Å². The van der Waals surface area contributed by atoms with Crippen molar-refractivity contribution in [2.24, 2.45) is 5.16 Å². The van der Waals surface area contributed by atoms with Crippen LogP contribution in [0.25, 0.3) is 11.5 Å². The Labute approximate surface area is 204 Å². The summed E-state index contributed by atoms with van der Waals surface area (Å²) in [5.74, 6) is 2.27. The van der Waals surface area contributed by atoms with E-state index in [0.29, 0.717) is 22.9 Å². The number of halogens is 1. The standard InChI is InChI=1S/C12H13NO3.C8H8O2.C4H7NO2.ClH/c1-8-9(2)16-12(13(8)14)10-4-6-11(15-3)7-5-10;1-10-8-4-2-7(6-9)3-5-8;1-3(5-7)4(2)6;/h4-7H,1-3H3;2-6H,1H3;7H,1-2H3;1H/b;;5-3+;. The highest BCUT2D eigenvalue weighted by Gasteiger charge is 2.19. The fraction of sp³-hybridized carbons (Fsp3) is 0.250. The van der Waals surface area contributed by atoms with Crippen LogP contribution in [-0.2, 0) is 4.79 Å². The summed E-state index contributed by atoms with van der Waals surface area (Å²) in [4.78, 5) is 20.2. The Balaban J connectivity index is 0.000000522. The van der Waals surface area contributed by atoms with Gasteiger partial charge >= 0.3 is 5.89 Å². The van der Waals surface area contributed by atoms with Gasteiger partial charge in [0.25, 0.3) is 0 Å². The first-order valence-corrected chi connectivity index (χ1v) is 9.81. The maximum absolute atomic E-state index is 11.7. The molecule has 1 aromatic heterocycles. The second-order valence-corrected chi connectivity index (χ2v) is 6.70. The molecule has 1 heterocycles. The van der Waals surface area contributed by atoms with Gasteiger partial charge in [-0.05, 0) is 55.5 Å². The summed E-state index contributed by atoms with van der Waals surface area (Å²) < 4.78 is 16.2. The Kier molecular flexibility index (Phi) is 13.4. The Bertz CT molecular complexity index is 1080. The van der Waals surface area contributed by atoms with E-state index in [1.165, 1.54) is 13.8 Å². The Morgan fingerprint density at radius 2 is 1.47 bits per heavy atom. The summed E-state index contributed by atoms with van der Waals surface area (Å²) >= 11 is 0. The molecule has 0 spiro atoms. The van der Waals surface area contributed by atoms with Gasteiger partial charge < -0.3 is 24.3 Å². The van der Waals surface area contributed by atoms with E-state index in [-0.39, 0.29) is 23.9 Å². The average Bonchev–Trinajstić information content (AvgIpc) is 3.11. The van der Waals surface area contributed by atoms with Crippen LogP contribution in [0.1, 0.15) is 35.7 Å². The number of hydrogen-bond acceptors (Lipinski definition) is 8. The lowest BCUT2D eigenvalue weighted by Gasteiger charge is -2.00. The summed E-state index contributed by atoms with van der Waals surface area (Å²) in [6.07, 6.45) is 0.805. The van der Waals surface area contributed by atoms with Crippen LogP contribution in [0.15, 0.2) is 58.1 Å². The SMILES string of the molecule is CC(=O)/C(C)=N/O.COc1ccc(-c2oc(C)c(C)[n+]2[O-])cc1.COc1ccc(C=O)cc1.Cl. The second-order valence-electron chi connectivity index (χ2n) is 6.70. The molecule has 0 atom stereocenters. The number of ether oxygens (including phenoxy) is 2. The maximum atomic E-state index is 11.7. The molecule has 0 aliphatic heterocycles. The van der Waals surface area contributed by atoms with Gasteiger partial charge in [0.05, 0.1) is 19.8 Å². The van der Waals surface area contributed by atoms with Gasteiger partial charge in [-0.15, -0.1) is 17.1 Å². The zero-order chi connectivity index (χ0) is 25.0. The van der Waals surface area contributed by atoms with Crippen molar-refractivity contribution in [3.05, 3.63) is 70.8 Å². The van der Waals surface area contributed by atoms with Crippen LogP contribution in [0.4, 0.5) is 0 Å². The molecular formula is C24H29ClN2O7. The lowest BCUT2D eigenvalue weighted by Crippen LogP contribution is -2.29. The molecule has 10 heteroatoms. The van der Waals surface area contributed by atoms with Gasteiger partial charge in [0.2, 0.25) is 5.69 Å². The largest absolute Gasteiger partial charge is 0.616 e. The first kappa shape index (κ1) is 30.1. The minimum absolute atomic E-state index is 0. The molecule has 34 heavy (non-hydrogen) atoms. The molecule has 0 bridgehead atoms. The smallest absolute Gasteiger partial charge is 0.392 e. The normalized spacial score (nSPS) is 9.88. The number of carbonyl (C=O) groups is 2. The molecule has 0 aliphatic carbocycles. The van der Waals surface area contributed by atoms with Crippen molar-refractivity contribution in [1.82, 2.24) is 0 Å². The number of oxazole rings is 1. The average molecular weight is 493 g/mol. The van der Waals surface area contributed by atoms with Crippen molar-refractivity contribution in [3.63, 3.8) is 0 Å². The van der Waals surface area contributed by atoms with E-state index in [1.54, 1.807) is 76.6 Å². The lowest BCUT2D eigenvalue weighted by molar-refractivity contribution is -0.602. The van der Waals surface area contributed by atoms with Crippen LogP contribution in [0, 0.1) is 19.1 Å². The first-order valence-electron chi connectivity index (χ1n) is 9.81. The molecule has 0 unspecified atom stereocenters. The Hall–Kier alpha value is -3.85. The number of ketones is 1. The second kappa shape index (κ2) is 15.1. The molecule has 0 amide bonds. The summed E-state index contributed by atoms with van der Waals surface area (Å²) in [5.41, 5.74) is 2.14. The van der Waals surface area contributed by atoms with Gasteiger partial charge in [0.15, 0.2) is 11.5 Å². The molecular weight excluding hydrogens is 464 g/mol. The van der Waals surface area contributed by atoms with E-state index in [1.807, 2.05) is 0 Å². The van der Waals surface area contributed by atoms with Crippen LogP contribution in [0.2, 0.25) is 0 Å². The molecule has 0 radical (unpaired) electrons. The molecule has 3 aromatic rings. The molecule has 1 N–H and O–H groups in total. The Morgan fingerprint density at radius 1 is 1.00 bits per heavy atom. The summed E-state index contributed by atoms with van der Waals surface area (Å²) in [6, 6.07) is 14.1. The topological polar surface area (TPSA) is 125 Å². The predicted molar refractivity (Wildman–Crippen MR) is 130 cm³/mol. The highest BCUT2D eigenvalue weighted by atomic mass is 35.5. The number of aryl methyl sites for hydroxylation is 1. The maximum Gasteiger partial charge on any atom is 0.392 e. The van der Waals surface area contributed by atoms with Crippen LogP contribution >= 0.6 is 12.4 Å². The fourth-order valence-corrected chi connectivity index (χ4v) is 2.22. The third-order valence-corrected chi connectivity index (χ3v) is 4.50. The third-order valence-electron chi connectivity index (χ3n) is 4.50. The minimum atomic E-state index is -0.206. The van der Waals surface area contributed by atoms with Crippen molar-refractivity contribution in [1.29, 1.82) is 0 Å². The number of carbonyl (C=O) groups excluding carboxylic acids is 2. The van der Waals surface area contributed by atoms with E-state index >= 15 is 0 Å². The first-order chi connectivity index (χ1) is 15.7. The van der Waals surface area contributed by atoms with Crippen molar-refractivity contribution >= 4 is 30.2 Å². The van der Waals surface area contributed by atoms with Gasteiger partial charge in [0.1, 0.15) is 23.5 Å². The Morgan fingerprint density at radius 3 is 1.76 bits per heavy atom. The van der Waals surface area contributed by atoms with Gasteiger partial charge in [-0.3, -0.25) is 9.59 Å². The van der Waals surface area contributed by atoms with Gasteiger partial charge in [0, 0.05) is 26.3 Å². The third kappa shape index (κ3) is 8.95. The number of nitrogens with zero attached hydrogens (tertiary/aromatic N) is 2. The van der Waals surface area contributed by atoms with Gasteiger partial charge in [-0.25, -0.2) is 0 Å². The van der Waals surface area contributed by atoms with Gasteiger partial charge in [-0.1, -0.05) is 5.16 Å². The van der Waals surface area contributed by atoms with Crippen molar-refractivity contribution in [3.8, 4) is 23.0 Å². The number of oxime groups is 1. The molecule has 2 aromatic carbocycles. The van der Waals surface area contributed by atoms with E-state index in [2.05, 4.69) is 5.16 Å². The van der Waals surface area contributed by atoms with E-state index in [0.717, 1.165) is 28.1 Å². The fourth-order valence-electron chi connectivity index (χ4n) is 2.22. The molecule has 0 fully saturated rings. The molecule has 9 nitrogen and oxygen atoms in total. The molecule has 0 saturated carbocycles. The zero-order valence-corrected chi connectivity index (χ0v) is 20.7. The zero-order valence-electron chi connectivity index (χ0n) is 19.9. The minimum Gasteiger partial charge on any atom is -0.616 e. The monoisotopic (exact) mass is 492 g/mol. The summed E-state index contributed by atoms with van der Waals surface area (Å²) in [7, 11) is 3.19. The predicted octanol–water partition coefficient (Wildman–Crippen LogP) is 4.56. The quantitative estimate of drug-likeness (QED) is 0.138. The molecule has 184 valence electrons. The number of rotatable bonds is 5. The van der Waals surface area contributed by atoms with Crippen LogP contribution in [0.5, 0.6) is 11.5 Å².